The average Bonchev–Trinajstić information content (AvgIpc) is 2.39. The molecule has 0 fully saturated rings. The summed E-state index contributed by atoms with van der Waals surface area (Å²) in [5, 5.41) is 0. The highest BCUT2D eigenvalue weighted by Gasteiger charge is 2.20. The number of pyridine rings is 1. The average molecular weight is 278 g/mol. The minimum atomic E-state index is -3.52. The van der Waals surface area contributed by atoms with Crippen LogP contribution in [0.5, 0.6) is 5.75 Å². The smallest absolute Gasteiger partial charge is 0.184 e. The number of hydrogen-bond donors (Lipinski definition) is 1. The molecule has 0 bridgehead atoms. The summed E-state index contributed by atoms with van der Waals surface area (Å²) in [6.45, 7) is 0. The van der Waals surface area contributed by atoms with Crippen molar-refractivity contribution >= 4 is 15.5 Å². The van der Waals surface area contributed by atoms with Gasteiger partial charge in [-0.1, -0.05) is 18.2 Å². The molecule has 0 amide bonds. The summed E-state index contributed by atoms with van der Waals surface area (Å²) in [6.07, 6.45) is 2.74. The molecule has 0 saturated heterocycles. The van der Waals surface area contributed by atoms with E-state index in [9.17, 15) is 8.42 Å². The van der Waals surface area contributed by atoms with Gasteiger partial charge in [-0.05, 0) is 12.1 Å². The van der Waals surface area contributed by atoms with Crippen molar-refractivity contribution < 1.29 is 13.2 Å². The molecule has 2 N–H and O–H groups in total. The molecule has 1 aromatic carbocycles. The molecule has 0 spiro atoms. The summed E-state index contributed by atoms with van der Waals surface area (Å²) < 4.78 is 29.8. The molecule has 6 heteroatoms. The fourth-order valence-electron chi connectivity index (χ4n) is 1.78. The third-order valence-electron chi connectivity index (χ3n) is 2.68. The van der Waals surface area contributed by atoms with Crippen LogP contribution in [0.3, 0.4) is 0 Å². The molecule has 1 heterocycles. The number of nitrogen functional groups attached to an aromatic ring is 1. The summed E-state index contributed by atoms with van der Waals surface area (Å²) in [6, 6.07) is 8.40. The van der Waals surface area contributed by atoms with E-state index in [0.717, 1.165) is 0 Å². The first kappa shape index (κ1) is 13.4. The normalized spacial score (nSPS) is 11.2. The molecular weight excluding hydrogens is 264 g/mol. The van der Waals surface area contributed by atoms with E-state index in [0.29, 0.717) is 11.3 Å². The first-order chi connectivity index (χ1) is 9.04. The Hall–Kier alpha value is -2.08. The van der Waals surface area contributed by atoms with Gasteiger partial charge in [0.2, 0.25) is 0 Å². The van der Waals surface area contributed by atoms with Crippen LogP contribution in [0.25, 0.3) is 0 Å². The van der Waals surface area contributed by atoms with Crippen molar-refractivity contribution in [2.24, 2.45) is 0 Å². The Kier molecular flexibility index (Phi) is 3.71. The highest BCUT2D eigenvalue weighted by Crippen LogP contribution is 2.25. The van der Waals surface area contributed by atoms with Crippen molar-refractivity contribution in [2.75, 3.05) is 12.8 Å². The predicted octanol–water partition coefficient (Wildman–Crippen LogP) is 1.65. The molecule has 2 aromatic rings. The predicted molar refractivity (Wildman–Crippen MR) is 72.5 cm³/mol. The fourth-order valence-corrected chi connectivity index (χ4v) is 3.27. The first-order valence-electron chi connectivity index (χ1n) is 5.59. The van der Waals surface area contributed by atoms with Gasteiger partial charge in [-0.2, -0.15) is 0 Å². The lowest BCUT2D eigenvalue weighted by atomic mass is 10.2. The fraction of sp³-hybridized carbons (Fsp3) is 0.154. The minimum Gasteiger partial charge on any atom is -0.496 e. The monoisotopic (exact) mass is 278 g/mol. The maximum absolute atomic E-state index is 12.3. The van der Waals surface area contributed by atoms with Crippen molar-refractivity contribution in [2.45, 2.75) is 10.6 Å². The third-order valence-corrected chi connectivity index (χ3v) is 4.42. The SMILES string of the molecule is COc1ccccc1CS(=O)(=O)c1ccncc1N. The van der Waals surface area contributed by atoms with Gasteiger partial charge < -0.3 is 10.5 Å². The summed E-state index contributed by atoms with van der Waals surface area (Å²) in [5.74, 6) is 0.379. The van der Waals surface area contributed by atoms with Gasteiger partial charge in [0.05, 0.1) is 29.6 Å². The summed E-state index contributed by atoms with van der Waals surface area (Å²) >= 11 is 0. The Morgan fingerprint density at radius 2 is 2.00 bits per heavy atom. The number of hydrogen-bond acceptors (Lipinski definition) is 5. The van der Waals surface area contributed by atoms with E-state index in [-0.39, 0.29) is 16.3 Å². The van der Waals surface area contributed by atoms with Gasteiger partial charge in [0.25, 0.3) is 0 Å². The Balaban J connectivity index is 2.40. The Labute approximate surface area is 112 Å². The van der Waals surface area contributed by atoms with Crippen molar-refractivity contribution in [3.63, 3.8) is 0 Å². The molecule has 0 aliphatic rings. The largest absolute Gasteiger partial charge is 0.496 e. The number of nitrogens with two attached hydrogens (primary N) is 1. The van der Waals surface area contributed by atoms with Crippen LogP contribution in [0.2, 0.25) is 0 Å². The van der Waals surface area contributed by atoms with Gasteiger partial charge in [0.1, 0.15) is 5.75 Å². The second-order valence-corrected chi connectivity index (χ2v) is 5.94. The zero-order valence-electron chi connectivity index (χ0n) is 10.4. The number of ether oxygens (including phenoxy) is 1. The third kappa shape index (κ3) is 2.85. The van der Waals surface area contributed by atoms with Gasteiger partial charge in [-0.3, -0.25) is 4.98 Å². The second kappa shape index (κ2) is 5.27. The Morgan fingerprint density at radius 3 is 2.68 bits per heavy atom. The summed E-state index contributed by atoms with van der Waals surface area (Å²) in [7, 11) is -2.02. The van der Waals surface area contributed by atoms with Crippen LogP contribution in [-0.4, -0.2) is 20.5 Å². The number of para-hydroxylation sites is 1. The van der Waals surface area contributed by atoms with Crippen molar-refractivity contribution in [1.29, 1.82) is 0 Å². The van der Waals surface area contributed by atoms with Gasteiger partial charge in [0.15, 0.2) is 9.84 Å². The standard InChI is InChI=1S/C13H14N2O3S/c1-18-12-5-3-2-4-10(12)9-19(16,17)13-6-7-15-8-11(13)14/h2-8H,9,14H2,1H3. The van der Waals surface area contributed by atoms with E-state index < -0.39 is 9.84 Å². The van der Waals surface area contributed by atoms with Crippen LogP contribution in [0.4, 0.5) is 5.69 Å². The maximum Gasteiger partial charge on any atom is 0.184 e. The molecule has 0 unspecified atom stereocenters. The van der Waals surface area contributed by atoms with Gasteiger partial charge in [0, 0.05) is 11.8 Å². The minimum absolute atomic E-state index is 0.0911. The second-order valence-electron chi connectivity index (χ2n) is 3.98. The number of aromatic nitrogens is 1. The molecule has 0 aliphatic carbocycles. The van der Waals surface area contributed by atoms with Crippen molar-refractivity contribution in [3.8, 4) is 5.75 Å². The van der Waals surface area contributed by atoms with Gasteiger partial charge in [-0.15, -0.1) is 0 Å². The molecule has 100 valence electrons. The van der Waals surface area contributed by atoms with Crippen LogP contribution < -0.4 is 10.5 Å². The maximum atomic E-state index is 12.3. The number of benzene rings is 1. The topological polar surface area (TPSA) is 82.3 Å². The van der Waals surface area contributed by atoms with Gasteiger partial charge >= 0.3 is 0 Å². The van der Waals surface area contributed by atoms with Crippen LogP contribution in [0.1, 0.15) is 5.56 Å². The van der Waals surface area contributed by atoms with E-state index in [2.05, 4.69) is 4.98 Å². The quantitative estimate of drug-likeness (QED) is 0.919. The molecule has 1 aromatic heterocycles. The Bertz CT molecular complexity index is 684. The number of sulfone groups is 1. The lowest BCUT2D eigenvalue weighted by Crippen LogP contribution is -2.09. The summed E-state index contributed by atoms with van der Waals surface area (Å²) in [5.41, 5.74) is 6.41. The number of nitrogens with zero attached hydrogens (tertiary/aromatic N) is 1. The molecule has 0 aliphatic heterocycles. The molecule has 0 radical (unpaired) electrons. The molecule has 0 atom stereocenters. The van der Waals surface area contributed by atoms with E-state index >= 15 is 0 Å². The molecule has 19 heavy (non-hydrogen) atoms. The first-order valence-corrected chi connectivity index (χ1v) is 7.24. The van der Waals surface area contributed by atoms with Crippen molar-refractivity contribution in [1.82, 2.24) is 4.98 Å². The van der Waals surface area contributed by atoms with Gasteiger partial charge in [-0.25, -0.2) is 8.42 Å². The number of rotatable bonds is 4. The highest BCUT2D eigenvalue weighted by molar-refractivity contribution is 7.90. The Morgan fingerprint density at radius 1 is 1.26 bits per heavy atom. The number of anilines is 1. The highest BCUT2D eigenvalue weighted by atomic mass is 32.2. The number of methoxy groups -OCH3 is 1. The van der Waals surface area contributed by atoms with E-state index in [1.54, 1.807) is 24.3 Å². The zero-order chi connectivity index (χ0) is 13.9. The summed E-state index contributed by atoms with van der Waals surface area (Å²) in [4.78, 5) is 3.88. The lowest BCUT2D eigenvalue weighted by Gasteiger charge is -2.10. The van der Waals surface area contributed by atoms with E-state index in [4.69, 9.17) is 10.5 Å². The van der Waals surface area contributed by atoms with Crippen LogP contribution in [0, 0.1) is 0 Å². The van der Waals surface area contributed by atoms with Crippen molar-refractivity contribution in [3.05, 3.63) is 48.3 Å². The van der Waals surface area contributed by atoms with E-state index in [1.807, 2.05) is 0 Å². The lowest BCUT2D eigenvalue weighted by molar-refractivity contribution is 0.411. The van der Waals surface area contributed by atoms with E-state index in [1.165, 1.54) is 25.6 Å². The van der Waals surface area contributed by atoms with Crippen LogP contribution in [-0.2, 0) is 15.6 Å². The molecular formula is C13H14N2O3S. The van der Waals surface area contributed by atoms with Crippen LogP contribution >= 0.6 is 0 Å². The molecule has 0 saturated carbocycles. The molecule has 2 rings (SSSR count). The van der Waals surface area contributed by atoms with Crippen LogP contribution in [0.15, 0.2) is 47.6 Å². The molecule has 5 nitrogen and oxygen atoms in total. The zero-order valence-corrected chi connectivity index (χ0v) is 11.2.